The van der Waals surface area contributed by atoms with Gasteiger partial charge < -0.3 is 10.2 Å². The average Bonchev–Trinajstić information content (AvgIpc) is 2.54. The van der Waals surface area contributed by atoms with Crippen LogP contribution < -0.4 is 10.0 Å². The van der Waals surface area contributed by atoms with Gasteiger partial charge in [0.1, 0.15) is 0 Å². The minimum atomic E-state index is -3.43. The van der Waals surface area contributed by atoms with Crippen LogP contribution in [0.4, 0.5) is 0 Å². The first-order valence-corrected chi connectivity index (χ1v) is 9.54. The maximum atomic E-state index is 11.9. The number of hydrogen-bond acceptors (Lipinski definition) is 3. The zero-order chi connectivity index (χ0) is 18.2. The smallest absolute Gasteiger partial charge is 0.240 e. The first kappa shape index (κ1) is 22.2. The minimum absolute atomic E-state index is 0. The Morgan fingerprint density at radius 3 is 2.40 bits per heavy atom. The lowest BCUT2D eigenvalue weighted by atomic mass is 9.65. The van der Waals surface area contributed by atoms with E-state index in [1.165, 1.54) is 7.05 Å². The Morgan fingerprint density at radius 1 is 1.28 bits per heavy atom. The van der Waals surface area contributed by atoms with Crippen molar-refractivity contribution in [2.75, 3.05) is 20.6 Å². The summed E-state index contributed by atoms with van der Waals surface area (Å²) in [6.45, 7) is 10.4. The van der Waals surface area contributed by atoms with Crippen molar-refractivity contribution in [1.29, 1.82) is 0 Å². The second kappa shape index (κ2) is 7.79. The summed E-state index contributed by atoms with van der Waals surface area (Å²) in [5.74, 6) is 0.834. The van der Waals surface area contributed by atoms with E-state index in [0.717, 1.165) is 18.1 Å². The van der Waals surface area contributed by atoms with Crippen molar-refractivity contribution in [3.05, 3.63) is 29.8 Å². The van der Waals surface area contributed by atoms with Crippen molar-refractivity contribution < 1.29 is 8.42 Å². The van der Waals surface area contributed by atoms with Crippen LogP contribution in [0.3, 0.4) is 0 Å². The van der Waals surface area contributed by atoms with Gasteiger partial charge in [0.05, 0.1) is 4.90 Å². The van der Waals surface area contributed by atoms with Gasteiger partial charge >= 0.3 is 0 Å². The van der Waals surface area contributed by atoms with Crippen LogP contribution in [0.2, 0.25) is 0 Å². The summed E-state index contributed by atoms with van der Waals surface area (Å²) in [7, 11) is -0.245. The monoisotopic (exact) mass is 480 g/mol. The molecule has 0 bridgehead atoms. The van der Waals surface area contributed by atoms with E-state index in [1.807, 2.05) is 6.07 Å². The predicted octanol–water partition coefficient (Wildman–Crippen LogP) is 2.41. The molecule has 0 spiro atoms. The maximum Gasteiger partial charge on any atom is 0.240 e. The van der Waals surface area contributed by atoms with Crippen molar-refractivity contribution in [1.82, 2.24) is 14.9 Å². The van der Waals surface area contributed by atoms with E-state index in [2.05, 4.69) is 47.6 Å². The third-order valence-corrected chi connectivity index (χ3v) is 6.69. The molecule has 0 saturated carbocycles. The van der Waals surface area contributed by atoms with Crippen molar-refractivity contribution in [2.45, 2.75) is 44.7 Å². The molecular formula is C17H29IN4O2S. The van der Waals surface area contributed by atoms with E-state index in [1.54, 1.807) is 25.2 Å². The van der Waals surface area contributed by atoms with Gasteiger partial charge in [0.25, 0.3) is 0 Å². The number of nitrogens with one attached hydrogen (secondary N) is 2. The summed E-state index contributed by atoms with van der Waals surface area (Å²) < 4.78 is 26.1. The van der Waals surface area contributed by atoms with Crippen LogP contribution in [0.5, 0.6) is 0 Å². The van der Waals surface area contributed by atoms with Crippen molar-refractivity contribution >= 4 is 40.0 Å². The predicted molar refractivity (Wildman–Crippen MR) is 113 cm³/mol. The van der Waals surface area contributed by atoms with Gasteiger partial charge in [-0.05, 0) is 38.6 Å². The van der Waals surface area contributed by atoms with Crippen LogP contribution in [-0.2, 0) is 16.6 Å². The minimum Gasteiger partial charge on any atom is -0.352 e. The molecule has 2 N–H and O–H groups in total. The Kier molecular flexibility index (Phi) is 6.91. The molecule has 1 aliphatic rings. The molecule has 0 unspecified atom stereocenters. The SMILES string of the molecule is CN=C(NCc1cccc(S(=O)(=O)NC)c1)N1CC(C)(C)C1(C)C.I. The first-order chi connectivity index (χ1) is 11.0. The molecule has 1 aliphatic heterocycles. The Labute approximate surface area is 168 Å². The van der Waals surface area contributed by atoms with Crippen LogP contribution in [0.15, 0.2) is 34.2 Å². The van der Waals surface area contributed by atoms with Crippen LogP contribution >= 0.6 is 24.0 Å². The fraction of sp³-hybridized carbons (Fsp3) is 0.588. The van der Waals surface area contributed by atoms with Gasteiger partial charge in [-0.2, -0.15) is 0 Å². The quantitative estimate of drug-likeness (QED) is 0.395. The topological polar surface area (TPSA) is 73.8 Å². The fourth-order valence-electron chi connectivity index (χ4n) is 2.82. The Balaban J connectivity index is 0.00000312. The Morgan fingerprint density at radius 2 is 1.92 bits per heavy atom. The van der Waals surface area contributed by atoms with Crippen LogP contribution in [0, 0.1) is 5.41 Å². The second-order valence-corrected chi connectivity index (χ2v) is 9.17. The molecule has 1 aromatic carbocycles. The standard InChI is InChI=1S/C17H28N4O2S.HI/c1-16(2)12-21(17(16,3)4)15(18-5)20-11-13-8-7-9-14(10-13)24(22,23)19-6;/h7-10,19H,11-12H2,1-6H3,(H,18,20);1H. The molecule has 1 saturated heterocycles. The molecule has 0 aliphatic carbocycles. The molecular weight excluding hydrogens is 451 g/mol. The third kappa shape index (κ3) is 4.28. The van der Waals surface area contributed by atoms with Gasteiger partial charge in [0, 0.05) is 31.1 Å². The normalized spacial score (nSPS) is 19.0. The van der Waals surface area contributed by atoms with E-state index in [0.29, 0.717) is 6.54 Å². The number of hydrogen-bond donors (Lipinski definition) is 2. The van der Waals surface area contributed by atoms with Gasteiger partial charge in [-0.15, -0.1) is 24.0 Å². The summed E-state index contributed by atoms with van der Waals surface area (Å²) in [5, 5.41) is 3.34. The molecule has 1 fully saturated rings. The van der Waals surface area contributed by atoms with E-state index in [-0.39, 0.29) is 39.8 Å². The molecule has 1 heterocycles. The highest BCUT2D eigenvalue weighted by Crippen LogP contribution is 2.46. The first-order valence-electron chi connectivity index (χ1n) is 8.06. The van der Waals surface area contributed by atoms with Crippen molar-refractivity contribution in [2.24, 2.45) is 10.4 Å². The Bertz CT molecular complexity index is 745. The highest BCUT2D eigenvalue weighted by Gasteiger charge is 2.53. The molecule has 8 heteroatoms. The zero-order valence-electron chi connectivity index (χ0n) is 15.8. The van der Waals surface area contributed by atoms with Crippen LogP contribution in [0.1, 0.15) is 33.3 Å². The van der Waals surface area contributed by atoms with Gasteiger partial charge in [0.15, 0.2) is 5.96 Å². The van der Waals surface area contributed by atoms with Crippen LogP contribution in [-0.4, -0.2) is 45.5 Å². The number of halogens is 1. The number of aliphatic imine (C=N–C) groups is 1. The number of likely N-dealkylation sites (tertiary alicyclic amines) is 1. The number of nitrogens with zero attached hydrogens (tertiary/aromatic N) is 2. The molecule has 0 amide bonds. The number of rotatable bonds is 4. The summed E-state index contributed by atoms with van der Waals surface area (Å²) in [5.41, 5.74) is 1.14. The van der Waals surface area contributed by atoms with Crippen LogP contribution in [0.25, 0.3) is 0 Å². The van der Waals surface area contributed by atoms with E-state index >= 15 is 0 Å². The lowest BCUT2D eigenvalue weighted by Gasteiger charge is -2.62. The number of sulfonamides is 1. The third-order valence-electron chi connectivity index (χ3n) is 5.28. The van der Waals surface area contributed by atoms with Gasteiger partial charge in [-0.1, -0.05) is 26.0 Å². The average molecular weight is 480 g/mol. The lowest BCUT2D eigenvalue weighted by molar-refractivity contribution is -0.0667. The second-order valence-electron chi connectivity index (χ2n) is 7.28. The van der Waals surface area contributed by atoms with E-state index in [9.17, 15) is 8.42 Å². The van der Waals surface area contributed by atoms with Gasteiger partial charge in [-0.3, -0.25) is 4.99 Å². The highest BCUT2D eigenvalue weighted by atomic mass is 127. The molecule has 0 atom stereocenters. The number of guanidine groups is 1. The highest BCUT2D eigenvalue weighted by molar-refractivity contribution is 14.0. The molecule has 0 radical (unpaired) electrons. The molecule has 0 aromatic heterocycles. The molecule has 25 heavy (non-hydrogen) atoms. The zero-order valence-corrected chi connectivity index (χ0v) is 18.9. The van der Waals surface area contributed by atoms with E-state index in [4.69, 9.17) is 0 Å². The summed E-state index contributed by atoms with van der Waals surface area (Å²) >= 11 is 0. The largest absolute Gasteiger partial charge is 0.352 e. The summed E-state index contributed by atoms with van der Waals surface area (Å²) in [4.78, 5) is 6.89. The van der Waals surface area contributed by atoms with Crippen molar-refractivity contribution in [3.8, 4) is 0 Å². The summed E-state index contributed by atoms with van der Waals surface area (Å²) in [6.07, 6.45) is 0. The molecule has 142 valence electrons. The number of benzene rings is 1. The summed E-state index contributed by atoms with van der Waals surface area (Å²) in [6, 6.07) is 6.92. The maximum absolute atomic E-state index is 11.9. The fourth-order valence-corrected chi connectivity index (χ4v) is 3.62. The van der Waals surface area contributed by atoms with Gasteiger partial charge in [-0.25, -0.2) is 13.1 Å². The Hall–Kier alpha value is -0.870. The molecule has 1 aromatic rings. The van der Waals surface area contributed by atoms with Gasteiger partial charge in [0.2, 0.25) is 10.0 Å². The molecule has 6 nitrogen and oxygen atoms in total. The lowest BCUT2D eigenvalue weighted by Crippen LogP contribution is -2.72. The van der Waals surface area contributed by atoms with E-state index < -0.39 is 10.0 Å². The van der Waals surface area contributed by atoms with Crippen molar-refractivity contribution in [3.63, 3.8) is 0 Å². The molecule has 2 rings (SSSR count).